The van der Waals surface area contributed by atoms with Gasteiger partial charge in [-0.3, -0.25) is 4.79 Å². The number of hydrogen-bond donors (Lipinski definition) is 1. The Balaban J connectivity index is 2.34. The Labute approximate surface area is 143 Å². The molecule has 0 fully saturated rings. The molecule has 0 saturated heterocycles. The van der Waals surface area contributed by atoms with Gasteiger partial charge < -0.3 is 19.4 Å². The number of benzene rings is 1. The van der Waals surface area contributed by atoms with E-state index in [2.05, 4.69) is 23.7 Å². The molecule has 24 heavy (non-hydrogen) atoms. The van der Waals surface area contributed by atoms with Crippen LogP contribution in [0.25, 0.3) is 0 Å². The van der Waals surface area contributed by atoms with Crippen LogP contribution in [-0.4, -0.2) is 37.8 Å². The molecule has 1 aromatic carbocycles. The molecule has 0 aliphatic rings. The predicted molar refractivity (Wildman–Crippen MR) is 94.9 cm³/mol. The van der Waals surface area contributed by atoms with Crippen molar-refractivity contribution in [2.24, 2.45) is 0 Å². The molecule has 0 saturated carbocycles. The van der Waals surface area contributed by atoms with Crippen LogP contribution < -0.4 is 10.1 Å². The van der Waals surface area contributed by atoms with Crippen molar-refractivity contribution in [3.63, 3.8) is 0 Å². The van der Waals surface area contributed by atoms with Crippen molar-refractivity contribution < 1.29 is 14.3 Å². The van der Waals surface area contributed by atoms with Gasteiger partial charge in [0.2, 0.25) is 0 Å². The lowest BCUT2D eigenvalue weighted by Gasteiger charge is -2.13. The second kappa shape index (κ2) is 8.02. The maximum Gasteiger partial charge on any atom is 0.268 e. The van der Waals surface area contributed by atoms with E-state index in [9.17, 15) is 4.79 Å². The van der Waals surface area contributed by atoms with Gasteiger partial charge in [0.25, 0.3) is 5.91 Å². The van der Waals surface area contributed by atoms with Crippen LogP contribution in [0.3, 0.4) is 0 Å². The topological polar surface area (TPSA) is 52.5 Å². The first kappa shape index (κ1) is 18.1. The van der Waals surface area contributed by atoms with E-state index in [-0.39, 0.29) is 5.91 Å². The van der Waals surface area contributed by atoms with E-state index >= 15 is 0 Å². The normalized spacial score (nSPS) is 10.7. The Bertz CT molecular complexity index is 720. The number of carbonyl (C=O) groups is 1. The number of carbonyl (C=O) groups excluding carboxylic acids is 1. The number of aromatic nitrogens is 1. The van der Waals surface area contributed by atoms with E-state index in [1.165, 1.54) is 0 Å². The number of ether oxygens (including phenoxy) is 2. The number of hydrogen-bond acceptors (Lipinski definition) is 3. The van der Waals surface area contributed by atoms with Crippen LogP contribution >= 0.6 is 0 Å². The van der Waals surface area contributed by atoms with Gasteiger partial charge in [-0.05, 0) is 49.6 Å². The monoisotopic (exact) mass is 330 g/mol. The second-order valence-corrected chi connectivity index (χ2v) is 5.87. The minimum atomic E-state index is -0.0661. The first-order valence-corrected chi connectivity index (χ1v) is 8.06. The number of amides is 1. The molecule has 1 heterocycles. The summed E-state index contributed by atoms with van der Waals surface area (Å²) in [5.74, 6) is 0.750. The summed E-state index contributed by atoms with van der Waals surface area (Å²) in [6, 6.07) is 7.92. The molecule has 0 spiro atoms. The van der Waals surface area contributed by atoms with Gasteiger partial charge in [0.15, 0.2) is 0 Å². The average Bonchev–Trinajstić information content (AvgIpc) is 2.79. The fourth-order valence-electron chi connectivity index (χ4n) is 2.82. The largest absolute Gasteiger partial charge is 0.497 e. The van der Waals surface area contributed by atoms with Crippen molar-refractivity contribution in [3.05, 3.63) is 52.3 Å². The van der Waals surface area contributed by atoms with Crippen LogP contribution in [0.5, 0.6) is 5.75 Å². The number of rotatable bonds is 7. The molecule has 0 aliphatic heterocycles. The quantitative estimate of drug-likeness (QED) is 0.794. The molecule has 5 nitrogen and oxygen atoms in total. The molecule has 0 bridgehead atoms. The summed E-state index contributed by atoms with van der Waals surface area (Å²) < 4.78 is 12.4. The Morgan fingerprint density at radius 3 is 2.58 bits per heavy atom. The molecule has 2 rings (SSSR count). The van der Waals surface area contributed by atoms with Crippen molar-refractivity contribution in [2.75, 3.05) is 27.4 Å². The van der Waals surface area contributed by atoms with Gasteiger partial charge in [0.1, 0.15) is 11.4 Å². The highest BCUT2D eigenvalue weighted by Crippen LogP contribution is 2.23. The maximum absolute atomic E-state index is 12.6. The van der Waals surface area contributed by atoms with Crippen molar-refractivity contribution >= 4 is 5.91 Å². The third-order valence-corrected chi connectivity index (χ3v) is 4.42. The van der Waals surface area contributed by atoms with Crippen LogP contribution in [0.15, 0.2) is 24.3 Å². The third-order valence-electron chi connectivity index (χ3n) is 4.42. The molecule has 2 aromatic rings. The first-order chi connectivity index (χ1) is 11.5. The van der Waals surface area contributed by atoms with E-state index in [1.54, 1.807) is 14.2 Å². The van der Waals surface area contributed by atoms with Gasteiger partial charge in [-0.25, -0.2) is 0 Å². The van der Waals surface area contributed by atoms with E-state index < -0.39 is 0 Å². The summed E-state index contributed by atoms with van der Waals surface area (Å²) >= 11 is 0. The standard InChI is InChI=1S/C19H26N2O3/c1-13-14(2)18(19(22)20-9-10-23-4)21(15(13)3)12-16-7-6-8-17(11-16)24-5/h6-8,11H,9-10,12H2,1-5H3,(H,20,22). The highest BCUT2D eigenvalue weighted by molar-refractivity contribution is 5.95. The molecule has 5 heteroatoms. The SMILES string of the molecule is COCCNC(=O)c1c(C)c(C)c(C)n1Cc1cccc(OC)c1. The van der Waals surface area contributed by atoms with Crippen molar-refractivity contribution in [1.29, 1.82) is 0 Å². The second-order valence-electron chi connectivity index (χ2n) is 5.87. The van der Waals surface area contributed by atoms with Crippen LogP contribution in [0.2, 0.25) is 0 Å². The van der Waals surface area contributed by atoms with E-state index in [1.807, 2.05) is 31.2 Å². The fourth-order valence-corrected chi connectivity index (χ4v) is 2.82. The summed E-state index contributed by atoms with van der Waals surface area (Å²) in [6.07, 6.45) is 0. The predicted octanol–water partition coefficient (Wildman–Crippen LogP) is 2.85. The highest BCUT2D eigenvalue weighted by Gasteiger charge is 2.20. The number of nitrogens with one attached hydrogen (secondary N) is 1. The van der Waals surface area contributed by atoms with Crippen molar-refractivity contribution in [2.45, 2.75) is 27.3 Å². The maximum atomic E-state index is 12.6. The van der Waals surface area contributed by atoms with E-state index in [0.29, 0.717) is 25.4 Å². The van der Waals surface area contributed by atoms with Gasteiger partial charge in [-0.2, -0.15) is 0 Å². The number of methoxy groups -OCH3 is 2. The Hall–Kier alpha value is -2.27. The molecular weight excluding hydrogens is 304 g/mol. The minimum Gasteiger partial charge on any atom is -0.497 e. The Kier molecular flexibility index (Phi) is 6.04. The zero-order valence-corrected chi connectivity index (χ0v) is 15.1. The Morgan fingerprint density at radius 1 is 1.17 bits per heavy atom. The van der Waals surface area contributed by atoms with Gasteiger partial charge >= 0.3 is 0 Å². The zero-order valence-electron chi connectivity index (χ0n) is 15.1. The zero-order chi connectivity index (χ0) is 17.7. The lowest BCUT2D eigenvalue weighted by molar-refractivity contribution is 0.0927. The molecule has 1 N–H and O–H groups in total. The Morgan fingerprint density at radius 2 is 1.92 bits per heavy atom. The third kappa shape index (κ3) is 3.79. The van der Waals surface area contributed by atoms with E-state index in [0.717, 1.165) is 28.1 Å². The van der Waals surface area contributed by atoms with E-state index in [4.69, 9.17) is 9.47 Å². The van der Waals surface area contributed by atoms with Crippen LogP contribution in [-0.2, 0) is 11.3 Å². The molecular formula is C19H26N2O3. The van der Waals surface area contributed by atoms with Crippen LogP contribution in [0.1, 0.15) is 32.9 Å². The fraction of sp³-hybridized carbons (Fsp3) is 0.421. The molecule has 0 radical (unpaired) electrons. The van der Waals surface area contributed by atoms with Crippen molar-refractivity contribution in [3.8, 4) is 5.75 Å². The van der Waals surface area contributed by atoms with Gasteiger partial charge in [-0.1, -0.05) is 12.1 Å². The number of nitrogens with zero attached hydrogens (tertiary/aromatic N) is 1. The van der Waals surface area contributed by atoms with Gasteiger partial charge in [-0.15, -0.1) is 0 Å². The average molecular weight is 330 g/mol. The molecule has 0 unspecified atom stereocenters. The molecule has 1 aromatic heterocycles. The minimum absolute atomic E-state index is 0.0661. The summed E-state index contributed by atoms with van der Waals surface area (Å²) in [4.78, 5) is 12.6. The van der Waals surface area contributed by atoms with Gasteiger partial charge in [0.05, 0.1) is 13.7 Å². The summed E-state index contributed by atoms with van der Waals surface area (Å²) in [5, 5.41) is 2.92. The van der Waals surface area contributed by atoms with Crippen molar-refractivity contribution in [1.82, 2.24) is 9.88 Å². The first-order valence-electron chi connectivity index (χ1n) is 8.06. The summed E-state index contributed by atoms with van der Waals surface area (Å²) in [5.41, 5.74) is 5.08. The molecule has 0 atom stereocenters. The smallest absolute Gasteiger partial charge is 0.268 e. The molecule has 1 amide bonds. The molecule has 0 aliphatic carbocycles. The molecule has 130 valence electrons. The summed E-state index contributed by atoms with van der Waals surface area (Å²) in [6.45, 7) is 7.73. The summed E-state index contributed by atoms with van der Waals surface area (Å²) in [7, 11) is 3.28. The van der Waals surface area contributed by atoms with Crippen LogP contribution in [0.4, 0.5) is 0 Å². The van der Waals surface area contributed by atoms with Gasteiger partial charge in [0, 0.05) is 25.9 Å². The highest BCUT2D eigenvalue weighted by atomic mass is 16.5. The lowest BCUT2D eigenvalue weighted by Crippen LogP contribution is -2.29. The van der Waals surface area contributed by atoms with Crippen LogP contribution in [0, 0.1) is 20.8 Å². The lowest BCUT2D eigenvalue weighted by atomic mass is 10.1.